The van der Waals surface area contributed by atoms with E-state index < -0.39 is 5.82 Å². The number of nitrogens with one attached hydrogen (secondary N) is 2. The average molecular weight is 501 g/mol. The average Bonchev–Trinajstić information content (AvgIpc) is 3.54. The van der Waals surface area contributed by atoms with Crippen molar-refractivity contribution in [2.75, 3.05) is 57.6 Å². The lowest BCUT2D eigenvalue weighted by Crippen LogP contribution is -2.43. The third kappa shape index (κ3) is 5.39. The van der Waals surface area contributed by atoms with Crippen LogP contribution in [0.25, 0.3) is 10.1 Å². The van der Waals surface area contributed by atoms with Crippen molar-refractivity contribution in [2.24, 2.45) is 0 Å². The number of pyridine rings is 2. The van der Waals surface area contributed by atoms with E-state index >= 15 is 0 Å². The highest BCUT2D eigenvalue weighted by atomic mass is 32.1. The van der Waals surface area contributed by atoms with Gasteiger partial charge in [0, 0.05) is 65.0 Å². The fourth-order valence-electron chi connectivity index (χ4n) is 4.81. The van der Waals surface area contributed by atoms with E-state index in [1.54, 1.807) is 31.4 Å². The van der Waals surface area contributed by atoms with E-state index in [4.69, 9.17) is 5.11 Å². The van der Waals surface area contributed by atoms with Gasteiger partial charge in [-0.25, -0.2) is 14.4 Å². The number of rotatable bonds is 5. The highest BCUT2D eigenvalue weighted by Crippen LogP contribution is 2.44. The van der Waals surface area contributed by atoms with Crippen molar-refractivity contribution in [1.82, 2.24) is 20.2 Å². The lowest BCUT2D eigenvalue weighted by atomic mass is 9.94. The Morgan fingerprint density at radius 3 is 2.54 bits per heavy atom. The van der Waals surface area contributed by atoms with E-state index in [1.807, 2.05) is 6.07 Å². The maximum atomic E-state index is 14.9. The molecular formula is C25H33FN6O2S. The first-order valence-corrected chi connectivity index (χ1v) is 12.8. The molecule has 3 aromatic heterocycles. The van der Waals surface area contributed by atoms with Crippen LogP contribution in [0.1, 0.15) is 46.8 Å². The third-order valence-electron chi connectivity index (χ3n) is 6.53. The van der Waals surface area contributed by atoms with E-state index in [0.717, 1.165) is 72.3 Å². The number of piperazine rings is 1. The number of aliphatic hydroxyl groups excluding tert-OH is 1. The molecule has 35 heavy (non-hydrogen) atoms. The Balaban J connectivity index is 0.00000141. The van der Waals surface area contributed by atoms with Gasteiger partial charge in [-0.05, 0) is 30.4 Å². The van der Waals surface area contributed by atoms with Crippen LogP contribution >= 0.6 is 11.3 Å². The van der Waals surface area contributed by atoms with Gasteiger partial charge in [0.2, 0.25) is 0 Å². The van der Waals surface area contributed by atoms with Gasteiger partial charge in [0.05, 0.1) is 21.5 Å². The monoisotopic (exact) mass is 500 g/mol. The number of amides is 1. The highest BCUT2D eigenvalue weighted by molar-refractivity contribution is 7.21. The van der Waals surface area contributed by atoms with Crippen LogP contribution in [0.2, 0.25) is 0 Å². The van der Waals surface area contributed by atoms with Crippen LogP contribution in [-0.4, -0.2) is 73.3 Å². The molecule has 188 valence electrons. The summed E-state index contributed by atoms with van der Waals surface area (Å²) in [4.78, 5) is 26.3. The molecule has 5 rings (SSSR count). The molecule has 4 heterocycles. The highest BCUT2D eigenvalue weighted by Gasteiger charge is 2.28. The SMILES string of the molecule is CN(C)C(=O)c1sc2cnc(Nc3ncc(N4CCNCC4)cc3F)cc2c1C1CCCC1.CO. The summed E-state index contributed by atoms with van der Waals surface area (Å²) in [7, 11) is 4.57. The number of carbonyl (C=O) groups is 1. The molecule has 1 amide bonds. The number of halogens is 1. The van der Waals surface area contributed by atoms with Gasteiger partial charge in [-0.15, -0.1) is 11.3 Å². The summed E-state index contributed by atoms with van der Waals surface area (Å²) >= 11 is 1.50. The Labute approximate surface area is 209 Å². The van der Waals surface area contributed by atoms with Crippen LogP contribution in [-0.2, 0) is 0 Å². The summed E-state index contributed by atoms with van der Waals surface area (Å²) in [6, 6.07) is 3.47. The van der Waals surface area contributed by atoms with Crippen LogP contribution in [0.5, 0.6) is 0 Å². The standard InChI is InChI=1S/C24H29FN6OS.CH4O/c1-30(2)24(32)22-21(15-5-3-4-6-15)17-12-20(27-14-19(17)33-22)29-23-18(25)11-16(13-28-23)31-9-7-26-8-10-31;1-2/h11-15,26H,3-10H2,1-2H3,(H,27,28,29);2H,1H3. The van der Waals surface area contributed by atoms with Crippen molar-refractivity contribution in [3.63, 3.8) is 0 Å². The number of thiophene rings is 1. The van der Waals surface area contributed by atoms with Crippen molar-refractivity contribution in [3.05, 3.63) is 40.8 Å². The van der Waals surface area contributed by atoms with Gasteiger partial charge in [-0.2, -0.15) is 0 Å². The van der Waals surface area contributed by atoms with Crippen molar-refractivity contribution in [3.8, 4) is 0 Å². The maximum Gasteiger partial charge on any atom is 0.263 e. The summed E-state index contributed by atoms with van der Waals surface area (Å²) in [5.41, 5.74) is 1.91. The van der Waals surface area contributed by atoms with Gasteiger partial charge in [-0.3, -0.25) is 4.79 Å². The Hall–Kier alpha value is -2.82. The summed E-state index contributed by atoms with van der Waals surface area (Å²) in [6.45, 7) is 3.44. The lowest BCUT2D eigenvalue weighted by Gasteiger charge is -2.29. The lowest BCUT2D eigenvalue weighted by molar-refractivity contribution is 0.0831. The topological polar surface area (TPSA) is 93.6 Å². The summed E-state index contributed by atoms with van der Waals surface area (Å²) < 4.78 is 15.9. The van der Waals surface area contributed by atoms with Gasteiger partial charge < -0.3 is 25.5 Å². The fraction of sp³-hybridized carbons (Fsp3) is 0.480. The zero-order valence-corrected chi connectivity index (χ0v) is 21.3. The predicted molar refractivity (Wildman–Crippen MR) is 140 cm³/mol. The van der Waals surface area contributed by atoms with Crippen LogP contribution in [0, 0.1) is 5.82 Å². The van der Waals surface area contributed by atoms with Gasteiger partial charge in [0.15, 0.2) is 11.6 Å². The predicted octanol–water partition coefficient (Wildman–Crippen LogP) is 3.95. The van der Waals surface area contributed by atoms with Crippen LogP contribution in [0.3, 0.4) is 0 Å². The van der Waals surface area contributed by atoms with Gasteiger partial charge in [0.25, 0.3) is 5.91 Å². The Morgan fingerprint density at radius 2 is 1.89 bits per heavy atom. The molecule has 1 saturated carbocycles. The molecule has 8 nitrogen and oxygen atoms in total. The fourth-order valence-corrected chi connectivity index (χ4v) is 6.07. The molecule has 0 atom stereocenters. The molecule has 0 aromatic carbocycles. The van der Waals surface area contributed by atoms with Crippen LogP contribution in [0.4, 0.5) is 21.7 Å². The second-order valence-corrected chi connectivity index (χ2v) is 10.0. The first kappa shape index (κ1) is 25.3. The molecule has 1 saturated heterocycles. The third-order valence-corrected chi connectivity index (χ3v) is 7.68. The normalized spacial score (nSPS) is 16.2. The molecule has 3 N–H and O–H groups in total. The number of aromatic nitrogens is 2. The number of hydrogen-bond donors (Lipinski definition) is 3. The summed E-state index contributed by atoms with van der Waals surface area (Å²) in [5.74, 6) is 0.690. The molecule has 1 aliphatic carbocycles. The smallest absolute Gasteiger partial charge is 0.263 e. The van der Waals surface area contributed by atoms with Crippen LogP contribution in [0.15, 0.2) is 24.5 Å². The number of aliphatic hydroxyl groups is 1. The zero-order valence-electron chi connectivity index (χ0n) is 20.5. The second kappa shape index (κ2) is 11.3. The minimum Gasteiger partial charge on any atom is -0.400 e. The Morgan fingerprint density at radius 1 is 1.17 bits per heavy atom. The first-order valence-electron chi connectivity index (χ1n) is 12.0. The molecule has 10 heteroatoms. The molecule has 1 aliphatic heterocycles. The minimum atomic E-state index is -0.405. The summed E-state index contributed by atoms with van der Waals surface area (Å²) in [5, 5.41) is 14.4. The minimum absolute atomic E-state index is 0.0313. The molecular weight excluding hydrogens is 467 g/mol. The number of fused-ring (bicyclic) bond motifs is 1. The van der Waals surface area contributed by atoms with E-state index in [2.05, 4.69) is 25.5 Å². The van der Waals surface area contributed by atoms with E-state index in [0.29, 0.717) is 11.7 Å². The van der Waals surface area contributed by atoms with Crippen molar-refractivity contribution in [1.29, 1.82) is 0 Å². The number of anilines is 3. The van der Waals surface area contributed by atoms with Gasteiger partial charge in [0.1, 0.15) is 5.82 Å². The first-order chi connectivity index (χ1) is 17.0. The van der Waals surface area contributed by atoms with Crippen molar-refractivity contribution >= 4 is 44.7 Å². The molecule has 2 aliphatic rings. The molecule has 0 bridgehead atoms. The molecule has 0 radical (unpaired) electrons. The van der Waals surface area contributed by atoms with E-state index in [1.165, 1.54) is 30.2 Å². The molecule has 0 unspecified atom stereocenters. The number of nitrogens with zero attached hydrogens (tertiary/aromatic N) is 4. The number of hydrogen-bond acceptors (Lipinski definition) is 8. The van der Waals surface area contributed by atoms with Gasteiger partial charge in [-0.1, -0.05) is 12.8 Å². The Kier molecular flexibility index (Phi) is 8.15. The number of carbonyl (C=O) groups excluding carboxylic acids is 1. The van der Waals surface area contributed by atoms with Crippen molar-refractivity contribution in [2.45, 2.75) is 31.6 Å². The van der Waals surface area contributed by atoms with Crippen molar-refractivity contribution < 1.29 is 14.3 Å². The quantitative estimate of drug-likeness (QED) is 0.488. The second-order valence-electron chi connectivity index (χ2n) is 8.98. The molecule has 3 aromatic rings. The molecule has 2 fully saturated rings. The van der Waals surface area contributed by atoms with Gasteiger partial charge >= 0.3 is 0 Å². The largest absolute Gasteiger partial charge is 0.400 e. The van der Waals surface area contributed by atoms with E-state index in [-0.39, 0.29) is 11.7 Å². The zero-order chi connectivity index (χ0) is 24.9. The van der Waals surface area contributed by atoms with Crippen LogP contribution < -0.4 is 15.5 Å². The Bertz CT molecular complexity index is 1170. The molecule has 0 spiro atoms. The summed E-state index contributed by atoms with van der Waals surface area (Å²) in [6.07, 6.45) is 8.03. The maximum absolute atomic E-state index is 14.9. The van der Waals surface area contributed by atoms with E-state index in [9.17, 15) is 9.18 Å².